The van der Waals surface area contributed by atoms with Crippen molar-refractivity contribution in [2.75, 3.05) is 0 Å². The molecule has 13 heavy (non-hydrogen) atoms. The summed E-state index contributed by atoms with van der Waals surface area (Å²) in [5.41, 5.74) is 0.480. The van der Waals surface area contributed by atoms with Crippen LogP contribution in [0, 0.1) is 29.1 Å². The third kappa shape index (κ3) is 2.48. The Morgan fingerprint density at radius 1 is 0.692 bits per heavy atom. The zero-order valence-corrected chi connectivity index (χ0v) is 10.8. The lowest BCUT2D eigenvalue weighted by molar-refractivity contribution is 0.0362. The molecule has 0 fully saturated rings. The molecule has 0 aromatic heterocycles. The quantitative estimate of drug-likeness (QED) is 0.599. The lowest BCUT2D eigenvalue weighted by Crippen LogP contribution is -2.38. The Hall–Kier alpha value is 0. The molecule has 0 rings (SSSR count). The predicted octanol–water partition coefficient (Wildman–Crippen LogP) is 4.60. The minimum absolute atomic E-state index is 0.480. The fraction of sp³-hybridized carbons (Fsp3) is 1.00. The molecule has 0 aromatic rings. The van der Waals surface area contributed by atoms with Crippen molar-refractivity contribution in [3.63, 3.8) is 0 Å². The van der Waals surface area contributed by atoms with Gasteiger partial charge in [0, 0.05) is 0 Å². The van der Waals surface area contributed by atoms with E-state index in [2.05, 4.69) is 55.4 Å². The molecule has 0 heteroatoms. The van der Waals surface area contributed by atoms with E-state index >= 15 is 0 Å². The van der Waals surface area contributed by atoms with E-state index in [0.717, 1.165) is 23.7 Å². The maximum Gasteiger partial charge on any atom is -0.0252 e. The Morgan fingerprint density at radius 3 is 1.08 bits per heavy atom. The van der Waals surface area contributed by atoms with Gasteiger partial charge in [-0.3, -0.25) is 0 Å². The molecule has 1 atom stereocenters. The molecule has 0 heterocycles. The van der Waals surface area contributed by atoms with Crippen LogP contribution in [0.25, 0.3) is 0 Å². The summed E-state index contributed by atoms with van der Waals surface area (Å²) in [5.74, 6) is 3.12. The smallest absolute Gasteiger partial charge is 0.0252 e. The molecule has 0 aliphatic heterocycles. The summed E-state index contributed by atoms with van der Waals surface area (Å²) in [6.07, 6.45) is 0. The molecule has 0 aromatic carbocycles. The number of hydrogen-bond donors (Lipinski definition) is 0. The third-order valence-electron chi connectivity index (χ3n) is 4.47. The Kier molecular flexibility index (Phi) is 4.48. The van der Waals surface area contributed by atoms with Gasteiger partial charge in [0.1, 0.15) is 0 Å². The molecule has 0 amide bonds. The highest BCUT2D eigenvalue weighted by atomic mass is 14.4. The maximum atomic E-state index is 2.45. The van der Waals surface area contributed by atoms with Gasteiger partial charge in [0.25, 0.3) is 0 Å². The highest BCUT2D eigenvalue weighted by Gasteiger charge is 2.38. The lowest BCUT2D eigenvalue weighted by atomic mass is 9.60. The van der Waals surface area contributed by atoms with E-state index < -0.39 is 0 Å². The zero-order valence-electron chi connectivity index (χ0n) is 10.8. The highest BCUT2D eigenvalue weighted by molar-refractivity contribution is 4.86. The van der Waals surface area contributed by atoms with Crippen molar-refractivity contribution in [1.82, 2.24) is 0 Å². The molecule has 0 saturated heterocycles. The molecular weight excluding hydrogens is 156 g/mol. The Morgan fingerprint density at radius 2 is 1.00 bits per heavy atom. The van der Waals surface area contributed by atoms with E-state index in [1.165, 1.54) is 0 Å². The van der Waals surface area contributed by atoms with Gasteiger partial charge in [-0.15, -0.1) is 0 Å². The van der Waals surface area contributed by atoms with Gasteiger partial charge in [-0.25, -0.2) is 0 Å². The van der Waals surface area contributed by atoms with Crippen molar-refractivity contribution in [2.45, 2.75) is 55.4 Å². The summed E-state index contributed by atoms with van der Waals surface area (Å²) >= 11 is 0. The minimum atomic E-state index is 0.480. The average Bonchev–Trinajstić information content (AvgIpc) is 2.00. The topological polar surface area (TPSA) is 0 Å². The van der Waals surface area contributed by atoms with Gasteiger partial charge in [0.05, 0.1) is 0 Å². The number of hydrogen-bond acceptors (Lipinski definition) is 0. The molecule has 0 saturated carbocycles. The van der Waals surface area contributed by atoms with Crippen molar-refractivity contribution < 1.29 is 0 Å². The van der Waals surface area contributed by atoms with Gasteiger partial charge in [0.2, 0.25) is 0 Å². The lowest BCUT2D eigenvalue weighted by Gasteiger charge is -2.45. The SMILES string of the molecule is CC(C)C(C)C(C)(C(C)C)C(C)C. The first-order chi connectivity index (χ1) is 5.74. The first kappa shape index (κ1) is 13.0. The largest absolute Gasteiger partial charge is 0.0625 e. The van der Waals surface area contributed by atoms with E-state index in [1.54, 1.807) is 0 Å². The summed E-state index contributed by atoms with van der Waals surface area (Å²) in [7, 11) is 0. The second-order valence-corrected chi connectivity index (χ2v) is 5.71. The van der Waals surface area contributed by atoms with Crippen LogP contribution in [0.2, 0.25) is 0 Å². The molecule has 0 radical (unpaired) electrons. The predicted molar refractivity (Wildman–Crippen MR) is 61.8 cm³/mol. The van der Waals surface area contributed by atoms with Crippen LogP contribution in [0.1, 0.15) is 55.4 Å². The second kappa shape index (κ2) is 4.48. The van der Waals surface area contributed by atoms with Crippen molar-refractivity contribution in [3.8, 4) is 0 Å². The molecular formula is C13H28. The average molecular weight is 184 g/mol. The van der Waals surface area contributed by atoms with E-state index in [4.69, 9.17) is 0 Å². The van der Waals surface area contributed by atoms with Gasteiger partial charge in [-0.05, 0) is 29.1 Å². The maximum absolute atomic E-state index is 2.45. The van der Waals surface area contributed by atoms with Gasteiger partial charge in [-0.2, -0.15) is 0 Å². The Balaban J connectivity index is 4.79. The van der Waals surface area contributed by atoms with E-state index in [1.807, 2.05) is 0 Å². The summed E-state index contributed by atoms with van der Waals surface area (Å²) in [5, 5.41) is 0. The van der Waals surface area contributed by atoms with Crippen LogP contribution in [0.3, 0.4) is 0 Å². The van der Waals surface area contributed by atoms with Crippen LogP contribution >= 0.6 is 0 Å². The number of rotatable bonds is 4. The van der Waals surface area contributed by atoms with Crippen molar-refractivity contribution in [2.24, 2.45) is 29.1 Å². The minimum Gasteiger partial charge on any atom is -0.0625 e. The van der Waals surface area contributed by atoms with E-state index in [9.17, 15) is 0 Å². The monoisotopic (exact) mass is 184 g/mol. The molecule has 1 unspecified atom stereocenters. The van der Waals surface area contributed by atoms with Crippen LogP contribution < -0.4 is 0 Å². The first-order valence-electron chi connectivity index (χ1n) is 5.74. The first-order valence-corrected chi connectivity index (χ1v) is 5.74. The fourth-order valence-electron chi connectivity index (χ4n) is 2.44. The zero-order chi connectivity index (χ0) is 10.8. The molecule has 0 nitrogen and oxygen atoms in total. The van der Waals surface area contributed by atoms with Crippen molar-refractivity contribution in [3.05, 3.63) is 0 Å². The summed E-state index contributed by atoms with van der Waals surface area (Å²) in [6, 6.07) is 0. The molecule has 0 N–H and O–H groups in total. The van der Waals surface area contributed by atoms with Crippen molar-refractivity contribution >= 4 is 0 Å². The Bertz CT molecular complexity index is 134. The molecule has 0 aliphatic carbocycles. The molecule has 80 valence electrons. The third-order valence-corrected chi connectivity index (χ3v) is 4.47. The molecule has 0 aliphatic rings. The molecule has 0 bridgehead atoms. The highest BCUT2D eigenvalue weighted by Crippen LogP contribution is 2.45. The van der Waals surface area contributed by atoms with Crippen LogP contribution in [0.4, 0.5) is 0 Å². The Labute approximate surface area is 85.1 Å². The summed E-state index contributed by atoms with van der Waals surface area (Å²) in [4.78, 5) is 0. The van der Waals surface area contributed by atoms with Crippen molar-refractivity contribution in [1.29, 1.82) is 0 Å². The van der Waals surface area contributed by atoms with Crippen LogP contribution in [0.15, 0.2) is 0 Å². The summed E-state index contributed by atoms with van der Waals surface area (Å²) in [6.45, 7) is 19.0. The summed E-state index contributed by atoms with van der Waals surface area (Å²) < 4.78 is 0. The van der Waals surface area contributed by atoms with Crippen LogP contribution in [0.5, 0.6) is 0 Å². The van der Waals surface area contributed by atoms with E-state index in [-0.39, 0.29) is 0 Å². The fourth-order valence-corrected chi connectivity index (χ4v) is 2.44. The van der Waals surface area contributed by atoms with Crippen LogP contribution in [-0.4, -0.2) is 0 Å². The van der Waals surface area contributed by atoms with Gasteiger partial charge in [-0.1, -0.05) is 55.4 Å². The van der Waals surface area contributed by atoms with E-state index in [0.29, 0.717) is 5.41 Å². The normalized spacial score (nSPS) is 15.9. The van der Waals surface area contributed by atoms with Gasteiger partial charge >= 0.3 is 0 Å². The molecule has 0 spiro atoms. The standard InChI is InChI=1S/C13H28/c1-9(2)12(7)13(8,10(3)4)11(5)6/h9-12H,1-8H3. The van der Waals surface area contributed by atoms with Gasteiger partial charge in [0.15, 0.2) is 0 Å². The van der Waals surface area contributed by atoms with Gasteiger partial charge < -0.3 is 0 Å². The van der Waals surface area contributed by atoms with Crippen LogP contribution in [-0.2, 0) is 0 Å². The second-order valence-electron chi connectivity index (χ2n) is 5.71.